The molecule has 0 aliphatic rings. The van der Waals surface area contributed by atoms with E-state index in [4.69, 9.17) is 39.5 Å². The van der Waals surface area contributed by atoms with Crippen molar-refractivity contribution in [3.05, 3.63) is 11.8 Å². The average molecular weight is 260 g/mol. The summed E-state index contributed by atoms with van der Waals surface area (Å²) in [6, 6.07) is 0. The maximum atomic E-state index is 11.3. The molecule has 0 rings (SSSR count). The summed E-state index contributed by atoms with van der Waals surface area (Å²) in [5.41, 5.74) is 0.297. The van der Waals surface area contributed by atoms with Gasteiger partial charge in [-0.05, 0) is 20.3 Å². The summed E-state index contributed by atoms with van der Waals surface area (Å²) >= 11 is 16.2. The summed E-state index contributed by atoms with van der Waals surface area (Å²) in [5, 5.41) is 0. The average Bonchev–Trinajstić information content (AvgIpc) is 2.10. The van der Waals surface area contributed by atoms with E-state index in [1.165, 1.54) is 6.26 Å². The Morgan fingerprint density at radius 3 is 2.36 bits per heavy atom. The molecule has 2 nitrogen and oxygen atoms in total. The minimum Gasteiger partial charge on any atom is -0.498 e. The van der Waals surface area contributed by atoms with Crippen LogP contribution in [-0.2, 0) is 9.53 Å². The van der Waals surface area contributed by atoms with Crippen molar-refractivity contribution in [2.75, 3.05) is 0 Å². The van der Waals surface area contributed by atoms with Gasteiger partial charge in [0.2, 0.25) is 5.78 Å². The van der Waals surface area contributed by atoms with E-state index in [9.17, 15) is 4.79 Å². The number of ketones is 1. The third kappa shape index (κ3) is 5.08. The zero-order valence-electron chi connectivity index (χ0n) is 8.31. The lowest BCUT2D eigenvalue weighted by atomic mass is 10.2. The largest absolute Gasteiger partial charge is 0.498 e. The second-order valence-corrected chi connectivity index (χ2v) is 5.26. The molecule has 0 aliphatic heterocycles. The quantitative estimate of drug-likeness (QED) is 0.438. The Morgan fingerprint density at radius 1 is 1.50 bits per heavy atom. The van der Waals surface area contributed by atoms with Crippen LogP contribution < -0.4 is 0 Å². The third-order valence-corrected chi connectivity index (χ3v) is 2.18. The summed E-state index contributed by atoms with van der Waals surface area (Å²) in [7, 11) is 0. The SMILES string of the molecule is CCC(C)O/C=C(\C)C(=O)C(Cl)(Cl)Cl. The van der Waals surface area contributed by atoms with E-state index in [1.54, 1.807) is 6.92 Å². The van der Waals surface area contributed by atoms with Gasteiger partial charge >= 0.3 is 0 Å². The molecule has 0 amide bonds. The van der Waals surface area contributed by atoms with E-state index in [2.05, 4.69) is 0 Å². The monoisotopic (exact) mass is 258 g/mol. The lowest BCUT2D eigenvalue weighted by molar-refractivity contribution is -0.114. The van der Waals surface area contributed by atoms with Crippen LogP contribution in [0.1, 0.15) is 27.2 Å². The van der Waals surface area contributed by atoms with Crippen LogP contribution in [0.3, 0.4) is 0 Å². The number of halogens is 3. The molecule has 0 heterocycles. The number of Topliss-reactive ketones (excluding diaryl/α,β-unsaturated/α-hetero) is 1. The van der Waals surface area contributed by atoms with Gasteiger partial charge in [0.15, 0.2) is 0 Å². The van der Waals surface area contributed by atoms with E-state index in [1.807, 2.05) is 13.8 Å². The van der Waals surface area contributed by atoms with Gasteiger partial charge in [-0.15, -0.1) is 0 Å². The molecule has 0 saturated carbocycles. The summed E-state index contributed by atoms with van der Waals surface area (Å²) in [4.78, 5) is 11.3. The van der Waals surface area contributed by atoms with Crippen molar-refractivity contribution in [3.8, 4) is 0 Å². The molecular formula is C9H13Cl3O2. The topological polar surface area (TPSA) is 26.3 Å². The highest BCUT2D eigenvalue weighted by Gasteiger charge is 2.31. The number of allylic oxidation sites excluding steroid dienone is 1. The van der Waals surface area contributed by atoms with E-state index in [0.717, 1.165) is 6.42 Å². The van der Waals surface area contributed by atoms with Crippen LogP contribution in [0.15, 0.2) is 11.8 Å². The summed E-state index contributed by atoms with van der Waals surface area (Å²) in [6.45, 7) is 5.42. The van der Waals surface area contributed by atoms with E-state index < -0.39 is 9.58 Å². The second kappa shape index (κ2) is 5.84. The smallest absolute Gasteiger partial charge is 0.253 e. The highest BCUT2D eigenvalue weighted by atomic mass is 35.6. The third-order valence-electron chi connectivity index (χ3n) is 1.67. The van der Waals surface area contributed by atoms with Gasteiger partial charge < -0.3 is 4.74 Å². The van der Waals surface area contributed by atoms with Crippen molar-refractivity contribution in [2.24, 2.45) is 0 Å². The van der Waals surface area contributed by atoms with E-state index in [-0.39, 0.29) is 6.10 Å². The predicted octanol–water partition coefficient (Wildman–Crippen LogP) is 3.64. The van der Waals surface area contributed by atoms with Gasteiger partial charge in [0, 0.05) is 5.57 Å². The maximum Gasteiger partial charge on any atom is 0.253 e. The Kier molecular flexibility index (Phi) is 5.87. The zero-order chi connectivity index (χ0) is 11.4. The van der Waals surface area contributed by atoms with Crippen LogP contribution in [0.2, 0.25) is 0 Å². The van der Waals surface area contributed by atoms with Gasteiger partial charge in [-0.1, -0.05) is 41.7 Å². The van der Waals surface area contributed by atoms with Crippen LogP contribution in [0.25, 0.3) is 0 Å². The number of hydrogen-bond donors (Lipinski definition) is 0. The lowest BCUT2D eigenvalue weighted by Gasteiger charge is -2.12. The first-order valence-electron chi connectivity index (χ1n) is 4.22. The molecule has 0 spiro atoms. The number of carbonyl (C=O) groups excluding carboxylic acids is 1. The second-order valence-electron chi connectivity index (χ2n) is 2.98. The van der Waals surface area contributed by atoms with Crippen molar-refractivity contribution in [1.82, 2.24) is 0 Å². The van der Waals surface area contributed by atoms with Crippen LogP contribution >= 0.6 is 34.8 Å². The predicted molar refractivity (Wildman–Crippen MR) is 59.9 cm³/mol. The molecule has 0 radical (unpaired) electrons. The van der Waals surface area contributed by atoms with Crippen molar-refractivity contribution >= 4 is 40.6 Å². The molecule has 0 saturated heterocycles. The van der Waals surface area contributed by atoms with Crippen molar-refractivity contribution in [1.29, 1.82) is 0 Å². The summed E-state index contributed by atoms with van der Waals surface area (Å²) in [5.74, 6) is -0.564. The molecule has 0 aromatic carbocycles. The van der Waals surface area contributed by atoms with Gasteiger partial charge in [-0.25, -0.2) is 0 Å². The molecule has 0 aliphatic carbocycles. The van der Waals surface area contributed by atoms with Gasteiger partial charge in [-0.2, -0.15) is 0 Å². The van der Waals surface area contributed by atoms with Gasteiger partial charge in [0.1, 0.15) is 0 Å². The van der Waals surface area contributed by atoms with Gasteiger partial charge in [-0.3, -0.25) is 4.79 Å². The van der Waals surface area contributed by atoms with E-state index >= 15 is 0 Å². The standard InChI is InChI=1S/C9H13Cl3O2/c1-4-7(3)14-5-6(2)8(13)9(10,11)12/h5,7H,4H2,1-3H3/b6-5+. The van der Waals surface area contributed by atoms with E-state index in [0.29, 0.717) is 5.57 Å². The van der Waals surface area contributed by atoms with Crippen molar-refractivity contribution in [2.45, 2.75) is 37.1 Å². The summed E-state index contributed by atoms with van der Waals surface area (Å²) < 4.78 is 3.31. The van der Waals surface area contributed by atoms with Crippen molar-refractivity contribution < 1.29 is 9.53 Å². The van der Waals surface area contributed by atoms with Crippen LogP contribution in [-0.4, -0.2) is 15.7 Å². The zero-order valence-corrected chi connectivity index (χ0v) is 10.6. The lowest BCUT2D eigenvalue weighted by Crippen LogP contribution is -2.20. The molecule has 0 N–H and O–H groups in total. The fourth-order valence-electron chi connectivity index (χ4n) is 0.592. The first-order valence-corrected chi connectivity index (χ1v) is 5.36. The van der Waals surface area contributed by atoms with Gasteiger partial charge in [0.25, 0.3) is 3.79 Å². The number of alkyl halides is 3. The van der Waals surface area contributed by atoms with Crippen LogP contribution in [0.4, 0.5) is 0 Å². The molecule has 82 valence electrons. The molecule has 0 bridgehead atoms. The molecule has 0 fully saturated rings. The molecule has 1 atom stereocenters. The van der Waals surface area contributed by atoms with Crippen LogP contribution in [0.5, 0.6) is 0 Å². The molecule has 14 heavy (non-hydrogen) atoms. The maximum absolute atomic E-state index is 11.3. The molecule has 0 aromatic rings. The van der Waals surface area contributed by atoms with Crippen LogP contribution in [0, 0.1) is 0 Å². The number of rotatable bonds is 4. The minimum absolute atomic E-state index is 0.0492. The molecular weight excluding hydrogens is 246 g/mol. The Hall–Kier alpha value is 0.0800. The Bertz CT molecular complexity index is 231. The van der Waals surface area contributed by atoms with Gasteiger partial charge in [0.05, 0.1) is 12.4 Å². The Morgan fingerprint density at radius 2 is 2.00 bits per heavy atom. The number of carbonyl (C=O) groups is 1. The normalized spacial score (nSPS) is 15.1. The molecule has 1 unspecified atom stereocenters. The fourth-order valence-corrected chi connectivity index (χ4v) is 1.04. The molecule has 0 aromatic heterocycles. The number of ether oxygens (including phenoxy) is 1. The summed E-state index contributed by atoms with van der Waals surface area (Å²) in [6.07, 6.45) is 2.23. The highest BCUT2D eigenvalue weighted by Crippen LogP contribution is 2.29. The minimum atomic E-state index is -1.90. The fraction of sp³-hybridized carbons (Fsp3) is 0.667. The van der Waals surface area contributed by atoms with Crippen molar-refractivity contribution in [3.63, 3.8) is 0 Å². The first kappa shape index (κ1) is 14.1. The number of hydrogen-bond acceptors (Lipinski definition) is 2. The Labute approximate surface area is 99.2 Å². The first-order chi connectivity index (χ1) is 6.29. The Balaban J connectivity index is 4.32. The molecule has 5 heteroatoms. The highest BCUT2D eigenvalue weighted by molar-refractivity contribution is 6.77.